The maximum absolute atomic E-state index is 6.58. The summed E-state index contributed by atoms with van der Waals surface area (Å²) in [7, 11) is 0. The van der Waals surface area contributed by atoms with Gasteiger partial charge in [0.2, 0.25) is 5.69 Å². The molecule has 59 heavy (non-hydrogen) atoms. The predicted molar refractivity (Wildman–Crippen MR) is 253 cm³/mol. The summed E-state index contributed by atoms with van der Waals surface area (Å²) in [5.74, 6) is 2.62. The number of rotatable bonds is 10. The van der Waals surface area contributed by atoms with Crippen LogP contribution in [0.4, 0.5) is 11.4 Å². The van der Waals surface area contributed by atoms with Gasteiger partial charge in [-0.15, -0.1) is 5.69 Å². The Kier molecular flexibility index (Phi) is 15.6. The van der Waals surface area contributed by atoms with Crippen LogP contribution in [0.5, 0.6) is 0 Å². The molecular weight excluding hydrogens is 736 g/mol. The van der Waals surface area contributed by atoms with Gasteiger partial charge in [-0.1, -0.05) is 162 Å². The molecule has 0 atom stereocenters. The third-order valence-corrected chi connectivity index (χ3v) is 11.6. The number of hydrogen-bond donors (Lipinski definition) is 2. The molecule has 1 saturated heterocycles. The van der Waals surface area contributed by atoms with Gasteiger partial charge in [0.1, 0.15) is 5.61 Å². The first-order valence-electron chi connectivity index (χ1n) is 21.3. The number of nitrogens with one attached hydrogen (secondary N) is 2. The fourth-order valence-electron chi connectivity index (χ4n) is 7.91. The molecule has 0 aromatic heterocycles. The van der Waals surface area contributed by atoms with Crippen molar-refractivity contribution in [3.63, 3.8) is 0 Å². The van der Waals surface area contributed by atoms with Crippen molar-refractivity contribution < 1.29 is 19.2 Å². The third-order valence-electron chi connectivity index (χ3n) is 11.6. The molecule has 2 aliphatic rings. The summed E-state index contributed by atoms with van der Waals surface area (Å²) in [6.45, 7) is 32.8. The maximum Gasteiger partial charge on any atom is 2.00 e. The van der Waals surface area contributed by atoms with E-state index in [0.29, 0.717) is 23.7 Å². The number of aryl methyl sites for hydroxylation is 2. The van der Waals surface area contributed by atoms with E-state index in [0.717, 1.165) is 39.7 Å². The molecule has 4 aromatic rings. The van der Waals surface area contributed by atoms with E-state index in [1.807, 2.05) is 12.1 Å². The molecule has 0 unspecified atom stereocenters. The largest absolute Gasteiger partial charge is 2.00 e. The minimum absolute atomic E-state index is 0. The summed E-state index contributed by atoms with van der Waals surface area (Å²) >= 11 is 0. The Hall–Kier alpha value is -3.82. The van der Waals surface area contributed by atoms with Crippen LogP contribution in [0.3, 0.4) is 0 Å². The Bertz CT molecular complexity index is 2180. The van der Waals surface area contributed by atoms with Crippen LogP contribution in [0.15, 0.2) is 102 Å². The van der Waals surface area contributed by atoms with E-state index in [4.69, 9.17) is 19.6 Å². The predicted octanol–water partition coefficient (Wildman–Crippen LogP) is 10.3. The molecule has 2 heterocycles. The van der Waals surface area contributed by atoms with Gasteiger partial charge in [0, 0.05) is 29.3 Å². The van der Waals surface area contributed by atoms with E-state index < -0.39 is 17.9 Å². The Balaban J connectivity index is 0.000000258. The van der Waals surface area contributed by atoms with E-state index in [1.54, 1.807) is 0 Å². The second kappa shape index (κ2) is 19.3. The van der Waals surface area contributed by atoms with Crippen LogP contribution in [0.1, 0.15) is 165 Å². The zero-order chi connectivity index (χ0) is 42.7. The molecule has 0 aliphatic carbocycles. The molecule has 308 valence electrons. The van der Waals surface area contributed by atoms with Crippen LogP contribution in [0.2, 0.25) is 0 Å². The van der Waals surface area contributed by atoms with Crippen LogP contribution in [-0.4, -0.2) is 58.1 Å². The molecule has 6 nitrogen and oxygen atoms in total. The van der Waals surface area contributed by atoms with Crippen LogP contribution in [0.25, 0.3) is 5.32 Å². The molecule has 6 rings (SSSR count). The minimum Gasteiger partial charge on any atom is -0.661 e. The van der Waals surface area contributed by atoms with Crippen molar-refractivity contribution in [2.24, 2.45) is 4.99 Å². The average molecular weight is 805 g/mol. The minimum atomic E-state index is -1.92. The van der Waals surface area contributed by atoms with Crippen LogP contribution >= 0.6 is 0 Å². The summed E-state index contributed by atoms with van der Waals surface area (Å²) in [5, 5.41) is 5.10. The molecule has 4 aromatic carbocycles. The molecule has 2 aliphatic heterocycles. The van der Waals surface area contributed by atoms with Crippen molar-refractivity contribution in [1.29, 1.82) is 0 Å². The van der Waals surface area contributed by atoms with Crippen molar-refractivity contribution in [2.45, 2.75) is 146 Å². The molecule has 0 bridgehead atoms. The molecule has 0 amide bonds. The van der Waals surface area contributed by atoms with Gasteiger partial charge in [-0.05, 0) is 89.0 Å². The molecular formula is C51H69BMgN4O2+2. The summed E-state index contributed by atoms with van der Waals surface area (Å²) < 4.78 is 13.2. The topological polar surface area (TPSA) is 72.9 Å². The summed E-state index contributed by atoms with van der Waals surface area (Å²) in [5.41, 5.74) is 14.2. The van der Waals surface area contributed by atoms with Gasteiger partial charge in [0.05, 0.1) is 5.56 Å². The second-order valence-electron chi connectivity index (χ2n) is 18.6. The number of allylic oxidation sites excluding steroid dienone is 2. The molecule has 0 radical (unpaired) electrons. The smallest absolute Gasteiger partial charge is 0.661 e. The summed E-state index contributed by atoms with van der Waals surface area (Å²) in [4.78, 5) is 12.2. The average Bonchev–Trinajstić information content (AvgIpc) is 3.57. The SMILES string of the molecule is CC(/C=C(/C)[N-]c1c(C(C)C)cccc1C(C)C)=[NH+]c1c(C(C)C)cccc1C(C)C.Cc1cccc(C2=NC(c3cccc(C)c3)=[NH+][B-]23OC(C)(C)C(C)(C)O3)c1.[Mg+2]. The van der Waals surface area contributed by atoms with Crippen molar-refractivity contribution in [3.05, 3.63) is 147 Å². The second-order valence-corrected chi connectivity index (χ2v) is 18.6. The van der Waals surface area contributed by atoms with Crippen molar-refractivity contribution in [1.82, 2.24) is 0 Å². The van der Waals surface area contributed by atoms with E-state index >= 15 is 0 Å². The van der Waals surface area contributed by atoms with E-state index in [9.17, 15) is 0 Å². The summed E-state index contributed by atoms with van der Waals surface area (Å²) in [6, 6.07) is 29.9. The van der Waals surface area contributed by atoms with Crippen molar-refractivity contribution >= 4 is 58.3 Å². The van der Waals surface area contributed by atoms with Crippen LogP contribution < -0.4 is 9.90 Å². The first-order chi connectivity index (χ1) is 27.1. The molecule has 0 saturated carbocycles. The Morgan fingerprint density at radius 1 is 0.661 bits per heavy atom. The Morgan fingerprint density at radius 3 is 1.54 bits per heavy atom. The molecule has 1 fully saturated rings. The van der Waals surface area contributed by atoms with Crippen molar-refractivity contribution in [3.8, 4) is 0 Å². The Labute approximate surface area is 372 Å². The number of hydrogen-bond acceptors (Lipinski definition) is 3. The third kappa shape index (κ3) is 10.9. The number of amidine groups is 1. The number of aliphatic imine (C=N–C) groups is 1. The number of nitrogens with zero attached hydrogens (tertiary/aromatic N) is 2. The van der Waals surface area contributed by atoms with Gasteiger partial charge in [0.25, 0.3) is 5.84 Å². The number of para-hydroxylation sites is 2. The standard InChI is InChI=1S/C29H41N2.C22H27BN2O2.Mg/c1-18(2)24-13-11-14-25(19(3)4)28(24)30-22(9)17-23(10)31-29-26(20(5)6)15-12-16-27(29)21(7)8;1-15-9-7-11-17(13-15)19-23(26-21(3,4)22(5,6)27-23)25-20(24-19)18-12-8-10-16(2)14-18;/h11-21H,1-10H3;7-14,25H,1-6H3;/q-1;;+2/p+1/b22-17-,31-23?;;. The van der Waals surface area contributed by atoms with Crippen molar-refractivity contribution in [2.75, 3.05) is 0 Å². The first-order valence-corrected chi connectivity index (χ1v) is 21.3. The van der Waals surface area contributed by atoms with Gasteiger partial charge in [-0.3, -0.25) is 0 Å². The first kappa shape index (κ1) is 47.9. The quantitative estimate of drug-likeness (QED) is 0.124. The van der Waals surface area contributed by atoms with E-state index in [1.165, 1.54) is 39.1 Å². The van der Waals surface area contributed by atoms with E-state index in [2.05, 4.69) is 200 Å². The summed E-state index contributed by atoms with van der Waals surface area (Å²) in [6.07, 6.45) is 2.17. The normalized spacial score (nSPS) is 16.9. The fourth-order valence-corrected chi connectivity index (χ4v) is 7.91. The van der Waals surface area contributed by atoms with E-state index in [-0.39, 0.29) is 23.1 Å². The van der Waals surface area contributed by atoms with Gasteiger partial charge in [-0.2, -0.15) is 5.70 Å². The zero-order valence-corrected chi connectivity index (χ0v) is 40.4. The molecule has 8 heteroatoms. The maximum atomic E-state index is 6.58. The van der Waals surface area contributed by atoms with Gasteiger partial charge < -0.3 is 19.5 Å². The van der Waals surface area contributed by atoms with Gasteiger partial charge in [0.15, 0.2) is 5.71 Å². The monoisotopic (exact) mass is 805 g/mol. The van der Waals surface area contributed by atoms with Crippen LogP contribution in [0, 0.1) is 13.8 Å². The zero-order valence-electron chi connectivity index (χ0n) is 39.0. The molecule has 2 N–H and O–H groups in total. The van der Waals surface area contributed by atoms with Crippen LogP contribution in [-0.2, 0) is 9.31 Å². The van der Waals surface area contributed by atoms with Gasteiger partial charge >= 0.3 is 29.7 Å². The fraction of sp³-hybridized carbons (Fsp3) is 0.431. The number of benzene rings is 4. The Morgan fingerprint density at radius 2 is 1.08 bits per heavy atom. The molecule has 1 spiro atoms. The van der Waals surface area contributed by atoms with Gasteiger partial charge in [-0.25, -0.2) is 4.99 Å².